The molecule has 1 aliphatic rings. The van der Waals surface area contributed by atoms with E-state index < -0.39 is 35.8 Å². The summed E-state index contributed by atoms with van der Waals surface area (Å²) in [4.78, 5) is 47.9. The summed E-state index contributed by atoms with van der Waals surface area (Å²) in [7, 11) is 0. The lowest BCUT2D eigenvalue weighted by Gasteiger charge is -2.29. The van der Waals surface area contributed by atoms with Crippen molar-refractivity contribution in [3.63, 3.8) is 0 Å². The van der Waals surface area contributed by atoms with Crippen molar-refractivity contribution in [1.29, 1.82) is 5.26 Å². The first kappa shape index (κ1) is 19.9. The number of hydrogen-bond donors (Lipinski definition) is 4. The van der Waals surface area contributed by atoms with E-state index in [-0.39, 0.29) is 25.2 Å². The summed E-state index contributed by atoms with van der Waals surface area (Å²) in [5.41, 5.74) is 6.09. The summed E-state index contributed by atoms with van der Waals surface area (Å²) in [5, 5.41) is 16.1. The van der Waals surface area contributed by atoms with Gasteiger partial charge in [0.15, 0.2) is 0 Å². The number of nitriles is 1. The zero-order chi connectivity index (χ0) is 19.8. The second-order valence-corrected chi connectivity index (χ2v) is 6.24. The van der Waals surface area contributed by atoms with Crippen molar-refractivity contribution in [1.82, 2.24) is 16.0 Å². The molecule has 0 bridgehead atoms. The smallest absolute Gasteiger partial charge is 0.243 e. The average Bonchev–Trinajstić information content (AvgIpc) is 2.63. The number of rotatable bonds is 8. The molecule has 2 rings (SSSR count). The van der Waals surface area contributed by atoms with Gasteiger partial charge in [-0.1, -0.05) is 30.3 Å². The van der Waals surface area contributed by atoms with Crippen molar-refractivity contribution in [3.8, 4) is 6.07 Å². The van der Waals surface area contributed by atoms with Crippen LogP contribution in [0.5, 0.6) is 0 Å². The van der Waals surface area contributed by atoms with Crippen LogP contribution in [0, 0.1) is 11.3 Å². The van der Waals surface area contributed by atoms with Crippen LogP contribution in [0.3, 0.4) is 0 Å². The average molecular weight is 371 g/mol. The van der Waals surface area contributed by atoms with E-state index in [4.69, 9.17) is 11.0 Å². The number of nitrogens with two attached hydrogens (primary N) is 1. The molecule has 1 aliphatic heterocycles. The third-order valence-electron chi connectivity index (χ3n) is 4.16. The maximum Gasteiger partial charge on any atom is 0.243 e. The van der Waals surface area contributed by atoms with Crippen molar-refractivity contribution < 1.29 is 19.2 Å². The summed E-state index contributed by atoms with van der Waals surface area (Å²) >= 11 is 0. The Morgan fingerprint density at radius 2 is 1.78 bits per heavy atom. The molecule has 0 aromatic heterocycles. The molecule has 9 heteroatoms. The van der Waals surface area contributed by atoms with Gasteiger partial charge in [0.2, 0.25) is 23.6 Å². The lowest BCUT2D eigenvalue weighted by Crippen LogP contribution is -2.63. The molecule has 1 saturated heterocycles. The largest absolute Gasteiger partial charge is 0.368 e. The predicted molar refractivity (Wildman–Crippen MR) is 94.6 cm³/mol. The van der Waals surface area contributed by atoms with Crippen LogP contribution in [0.4, 0.5) is 0 Å². The van der Waals surface area contributed by atoms with Crippen LogP contribution >= 0.6 is 0 Å². The number of benzene rings is 1. The maximum absolute atomic E-state index is 12.2. The van der Waals surface area contributed by atoms with E-state index in [1.54, 1.807) is 0 Å². The van der Waals surface area contributed by atoms with Gasteiger partial charge in [-0.2, -0.15) is 5.26 Å². The lowest BCUT2D eigenvalue weighted by atomic mass is 10.0. The number of nitrogens with zero attached hydrogens (tertiary/aromatic N) is 1. The first-order valence-corrected chi connectivity index (χ1v) is 8.51. The normalized spacial score (nSPS) is 20.0. The van der Waals surface area contributed by atoms with Gasteiger partial charge in [0.1, 0.15) is 18.1 Å². The fraction of sp³-hybridized carbons (Fsp3) is 0.389. The van der Waals surface area contributed by atoms with Crippen LogP contribution in [0.25, 0.3) is 0 Å². The van der Waals surface area contributed by atoms with Gasteiger partial charge in [0, 0.05) is 12.8 Å². The molecule has 5 N–H and O–H groups in total. The third kappa shape index (κ3) is 5.81. The van der Waals surface area contributed by atoms with Gasteiger partial charge in [0.25, 0.3) is 0 Å². The van der Waals surface area contributed by atoms with E-state index in [2.05, 4.69) is 16.0 Å². The molecule has 4 amide bonds. The standard InChI is InChI=1S/C18H21N5O4/c19-8-4-7-12(16(20)25)21-15(24)10-14-18(27)22-13(17(26)23-14)9-11-5-2-1-3-6-11/h1-3,5-6,12-14H,4,7,9-10H2,(H2,20,25)(H,21,24)(H,22,27)(H,23,26)/t12-,13+,14+/m1/s1. The highest BCUT2D eigenvalue weighted by Gasteiger charge is 2.35. The minimum atomic E-state index is -1.03. The van der Waals surface area contributed by atoms with Gasteiger partial charge in [0.05, 0.1) is 12.5 Å². The fourth-order valence-corrected chi connectivity index (χ4v) is 2.75. The Morgan fingerprint density at radius 1 is 1.15 bits per heavy atom. The van der Waals surface area contributed by atoms with Crippen LogP contribution in [0.1, 0.15) is 24.8 Å². The molecule has 3 atom stereocenters. The molecule has 0 saturated carbocycles. The number of piperazine rings is 1. The van der Waals surface area contributed by atoms with Crippen molar-refractivity contribution in [3.05, 3.63) is 35.9 Å². The molecule has 9 nitrogen and oxygen atoms in total. The summed E-state index contributed by atoms with van der Waals surface area (Å²) in [6.45, 7) is 0. The molecular formula is C18H21N5O4. The number of amides is 4. The minimum absolute atomic E-state index is 0.0513. The SMILES string of the molecule is N#CCC[C@@H](NC(=O)C[C@@H]1NC(=O)[C@H](Cc2ccccc2)NC1=O)C(N)=O. The van der Waals surface area contributed by atoms with Crippen LogP contribution in [0.2, 0.25) is 0 Å². The minimum Gasteiger partial charge on any atom is -0.368 e. The number of hydrogen-bond acceptors (Lipinski definition) is 5. The molecule has 1 aromatic carbocycles. The molecule has 27 heavy (non-hydrogen) atoms. The number of nitrogens with one attached hydrogen (secondary N) is 3. The lowest BCUT2D eigenvalue weighted by molar-refractivity contribution is -0.138. The fourth-order valence-electron chi connectivity index (χ4n) is 2.75. The second-order valence-electron chi connectivity index (χ2n) is 6.24. The molecule has 1 fully saturated rings. The van der Waals surface area contributed by atoms with Gasteiger partial charge in [-0.25, -0.2) is 0 Å². The second kappa shape index (κ2) is 9.33. The topological polar surface area (TPSA) is 154 Å². The van der Waals surface area contributed by atoms with Crippen LogP contribution in [0.15, 0.2) is 30.3 Å². The zero-order valence-corrected chi connectivity index (χ0v) is 14.6. The van der Waals surface area contributed by atoms with E-state index in [0.717, 1.165) is 5.56 Å². The molecule has 142 valence electrons. The maximum atomic E-state index is 12.2. The number of carbonyl (C=O) groups excluding carboxylic acids is 4. The molecule has 0 spiro atoms. The predicted octanol–water partition coefficient (Wildman–Crippen LogP) is -1.12. The van der Waals surface area contributed by atoms with Crippen molar-refractivity contribution in [2.75, 3.05) is 0 Å². The Bertz CT molecular complexity index is 759. The molecule has 0 radical (unpaired) electrons. The summed E-state index contributed by atoms with van der Waals surface area (Å²) < 4.78 is 0. The zero-order valence-electron chi connectivity index (χ0n) is 14.6. The first-order valence-electron chi connectivity index (χ1n) is 8.51. The van der Waals surface area contributed by atoms with Gasteiger partial charge in [-0.3, -0.25) is 19.2 Å². The number of carbonyl (C=O) groups is 4. The Balaban J connectivity index is 1.90. The summed E-state index contributed by atoms with van der Waals surface area (Å²) in [6.07, 6.45) is 0.150. The highest BCUT2D eigenvalue weighted by molar-refractivity contribution is 5.99. The van der Waals surface area contributed by atoms with E-state index in [1.165, 1.54) is 0 Å². The van der Waals surface area contributed by atoms with Crippen LogP contribution in [-0.4, -0.2) is 41.8 Å². The van der Waals surface area contributed by atoms with Crippen molar-refractivity contribution >= 4 is 23.6 Å². The number of primary amides is 1. The Hall–Kier alpha value is -3.41. The monoisotopic (exact) mass is 371 g/mol. The molecular weight excluding hydrogens is 350 g/mol. The highest BCUT2D eigenvalue weighted by Crippen LogP contribution is 2.09. The van der Waals surface area contributed by atoms with Gasteiger partial charge < -0.3 is 21.7 Å². The van der Waals surface area contributed by atoms with E-state index in [1.807, 2.05) is 36.4 Å². The van der Waals surface area contributed by atoms with Gasteiger partial charge in [-0.05, 0) is 12.0 Å². The Kier molecular flexibility index (Phi) is 6.88. The van der Waals surface area contributed by atoms with Crippen molar-refractivity contribution in [2.45, 2.75) is 43.8 Å². The first-order chi connectivity index (χ1) is 12.9. The Labute approximate surface area is 156 Å². The quantitative estimate of drug-likeness (QED) is 0.455. The van der Waals surface area contributed by atoms with E-state index in [9.17, 15) is 19.2 Å². The van der Waals surface area contributed by atoms with Gasteiger partial charge >= 0.3 is 0 Å². The molecule has 0 aliphatic carbocycles. The molecule has 1 aromatic rings. The third-order valence-corrected chi connectivity index (χ3v) is 4.16. The Morgan fingerprint density at radius 3 is 2.41 bits per heavy atom. The molecule has 0 unspecified atom stereocenters. The van der Waals surface area contributed by atoms with E-state index in [0.29, 0.717) is 6.42 Å². The van der Waals surface area contributed by atoms with E-state index >= 15 is 0 Å². The highest BCUT2D eigenvalue weighted by atomic mass is 16.2. The van der Waals surface area contributed by atoms with Crippen LogP contribution in [-0.2, 0) is 25.6 Å². The molecule has 1 heterocycles. The summed E-state index contributed by atoms with van der Waals surface area (Å²) in [6, 6.07) is 8.36. The van der Waals surface area contributed by atoms with Crippen LogP contribution < -0.4 is 21.7 Å². The van der Waals surface area contributed by atoms with Gasteiger partial charge in [-0.15, -0.1) is 0 Å². The van der Waals surface area contributed by atoms with Crippen molar-refractivity contribution in [2.24, 2.45) is 5.73 Å². The summed E-state index contributed by atoms with van der Waals surface area (Å²) in [5.74, 6) is -2.23.